The summed E-state index contributed by atoms with van der Waals surface area (Å²) in [4.78, 5) is 15.0. The van der Waals surface area contributed by atoms with Gasteiger partial charge in [0.05, 0.1) is 6.10 Å². The lowest BCUT2D eigenvalue weighted by Crippen LogP contribution is -2.62. The minimum atomic E-state index is 0. The van der Waals surface area contributed by atoms with Crippen molar-refractivity contribution in [3.63, 3.8) is 0 Å². The third kappa shape index (κ3) is 3.47. The van der Waals surface area contributed by atoms with E-state index in [1.165, 1.54) is 19.3 Å². The van der Waals surface area contributed by atoms with Crippen LogP contribution < -0.4 is 5.32 Å². The van der Waals surface area contributed by atoms with Gasteiger partial charge in [0.25, 0.3) is 0 Å². The number of carbonyl (C=O) groups is 1. The molecule has 1 heterocycles. The van der Waals surface area contributed by atoms with Crippen molar-refractivity contribution >= 4 is 18.3 Å². The highest BCUT2D eigenvalue weighted by Gasteiger charge is 2.60. The van der Waals surface area contributed by atoms with Crippen molar-refractivity contribution < 1.29 is 9.53 Å². The van der Waals surface area contributed by atoms with E-state index >= 15 is 0 Å². The monoisotopic (exact) mass is 358 g/mol. The Balaban J connectivity index is 0.00000208. The normalized spacial score (nSPS) is 32.6. The van der Waals surface area contributed by atoms with E-state index in [1.54, 1.807) is 0 Å². The predicted octanol–water partition coefficient (Wildman–Crippen LogP) is 3.24. The van der Waals surface area contributed by atoms with Gasteiger partial charge >= 0.3 is 0 Å². The second-order valence-corrected chi connectivity index (χ2v) is 8.60. The molecule has 1 saturated heterocycles. The molecule has 3 aliphatic rings. The fourth-order valence-electron chi connectivity index (χ4n) is 4.75. The lowest BCUT2D eigenvalue weighted by Gasteiger charge is -2.55. The molecular weight excluding hydrogens is 324 g/mol. The van der Waals surface area contributed by atoms with Gasteiger partial charge in [-0.3, -0.25) is 4.79 Å². The van der Waals surface area contributed by atoms with Crippen LogP contribution in [0.25, 0.3) is 0 Å². The maximum Gasteiger partial charge on any atom is 0.226 e. The van der Waals surface area contributed by atoms with Crippen LogP contribution in [0.4, 0.5) is 0 Å². The average Bonchev–Trinajstić information content (AvgIpc) is 3.22. The van der Waals surface area contributed by atoms with E-state index in [2.05, 4.69) is 31.0 Å². The molecule has 140 valence electrons. The summed E-state index contributed by atoms with van der Waals surface area (Å²) < 4.78 is 6.03. The van der Waals surface area contributed by atoms with Gasteiger partial charge in [-0.05, 0) is 50.6 Å². The molecule has 1 amide bonds. The second-order valence-electron chi connectivity index (χ2n) is 8.60. The number of ether oxygens (including phenoxy) is 1. The summed E-state index contributed by atoms with van der Waals surface area (Å²) in [6.07, 6.45) is 7.07. The first-order valence-electron chi connectivity index (χ1n) is 9.51. The van der Waals surface area contributed by atoms with E-state index < -0.39 is 0 Å². The van der Waals surface area contributed by atoms with E-state index in [0.717, 1.165) is 39.0 Å². The molecule has 3 unspecified atom stereocenters. The van der Waals surface area contributed by atoms with Crippen LogP contribution in [0.15, 0.2) is 0 Å². The van der Waals surface area contributed by atoms with Gasteiger partial charge in [0.15, 0.2) is 0 Å². The number of hydrogen-bond acceptors (Lipinski definition) is 3. The van der Waals surface area contributed by atoms with Crippen molar-refractivity contribution in [2.45, 2.75) is 71.4 Å². The van der Waals surface area contributed by atoms with Gasteiger partial charge < -0.3 is 15.0 Å². The van der Waals surface area contributed by atoms with Gasteiger partial charge in [0.2, 0.25) is 5.91 Å². The molecule has 0 bridgehead atoms. The van der Waals surface area contributed by atoms with Crippen molar-refractivity contribution in [1.82, 2.24) is 10.2 Å². The standard InChI is InChI=1S/C19H34N2O2.ClH/c1-5-6-11-23-16-12-15(18(16,2)3)21(4)17(22)14-13-19(14)7-9-20-10-8-19;/h14-16,20H,5-13H2,1-4H3;1H. The Morgan fingerprint density at radius 2 is 1.96 bits per heavy atom. The van der Waals surface area contributed by atoms with Crippen LogP contribution in [0, 0.1) is 16.7 Å². The fourth-order valence-corrected chi connectivity index (χ4v) is 4.75. The molecule has 1 aliphatic heterocycles. The zero-order chi connectivity index (χ0) is 16.7. The maximum absolute atomic E-state index is 12.9. The zero-order valence-corrected chi connectivity index (χ0v) is 16.6. The molecular formula is C19H35ClN2O2. The van der Waals surface area contributed by atoms with E-state index in [9.17, 15) is 4.79 Å². The number of halogens is 1. The van der Waals surface area contributed by atoms with Crippen molar-refractivity contribution in [3.8, 4) is 0 Å². The third-order valence-corrected chi connectivity index (χ3v) is 6.85. The molecule has 24 heavy (non-hydrogen) atoms. The first kappa shape index (κ1) is 20.0. The summed E-state index contributed by atoms with van der Waals surface area (Å²) >= 11 is 0. The molecule has 3 fully saturated rings. The third-order valence-electron chi connectivity index (χ3n) is 6.85. The van der Waals surface area contributed by atoms with Gasteiger partial charge in [-0.25, -0.2) is 0 Å². The summed E-state index contributed by atoms with van der Waals surface area (Å²) in [5.41, 5.74) is 0.413. The Hall–Kier alpha value is -0.320. The molecule has 1 N–H and O–H groups in total. The van der Waals surface area contributed by atoms with Crippen LogP contribution in [0.2, 0.25) is 0 Å². The second kappa shape index (κ2) is 7.51. The van der Waals surface area contributed by atoms with E-state index in [-0.39, 0.29) is 23.7 Å². The Bertz CT molecular complexity index is 449. The van der Waals surface area contributed by atoms with E-state index in [4.69, 9.17) is 4.74 Å². The minimum Gasteiger partial charge on any atom is -0.378 e. The smallest absolute Gasteiger partial charge is 0.226 e. The molecule has 3 rings (SSSR count). The van der Waals surface area contributed by atoms with Crippen molar-refractivity contribution in [2.24, 2.45) is 16.7 Å². The summed E-state index contributed by atoms with van der Waals surface area (Å²) in [5.74, 6) is 0.669. The molecule has 3 atom stereocenters. The van der Waals surface area contributed by atoms with Crippen LogP contribution in [0.3, 0.4) is 0 Å². The number of amides is 1. The van der Waals surface area contributed by atoms with Crippen molar-refractivity contribution in [3.05, 3.63) is 0 Å². The number of hydrogen-bond donors (Lipinski definition) is 1. The summed E-state index contributed by atoms with van der Waals surface area (Å²) in [6.45, 7) is 9.72. The van der Waals surface area contributed by atoms with Crippen LogP contribution in [-0.4, -0.2) is 49.7 Å². The lowest BCUT2D eigenvalue weighted by atomic mass is 9.63. The van der Waals surface area contributed by atoms with Gasteiger partial charge in [-0.15, -0.1) is 12.4 Å². The average molecular weight is 359 g/mol. The summed E-state index contributed by atoms with van der Waals surface area (Å²) in [7, 11) is 2.02. The lowest BCUT2D eigenvalue weighted by molar-refractivity contribution is -0.166. The predicted molar refractivity (Wildman–Crippen MR) is 99.5 cm³/mol. The molecule has 2 saturated carbocycles. The zero-order valence-electron chi connectivity index (χ0n) is 15.8. The fraction of sp³-hybridized carbons (Fsp3) is 0.947. The molecule has 0 radical (unpaired) electrons. The Kier molecular flexibility index (Phi) is 6.26. The van der Waals surface area contributed by atoms with Crippen molar-refractivity contribution in [1.29, 1.82) is 0 Å². The van der Waals surface area contributed by atoms with E-state index in [1.807, 2.05) is 7.05 Å². The molecule has 0 aromatic heterocycles. The molecule has 2 aliphatic carbocycles. The molecule has 0 aromatic carbocycles. The summed E-state index contributed by atoms with van der Waals surface area (Å²) in [5, 5.41) is 3.42. The number of rotatable bonds is 6. The Morgan fingerprint density at radius 3 is 2.54 bits per heavy atom. The first-order chi connectivity index (χ1) is 10.9. The highest BCUT2D eigenvalue weighted by atomic mass is 35.5. The van der Waals surface area contributed by atoms with Gasteiger partial charge in [0.1, 0.15) is 0 Å². The molecule has 4 nitrogen and oxygen atoms in total. The van der Waals surface area contributed by atoms with Crippen LogP contribution >= 0.6 is 12.4 Å². The number of carbonyl (C=O) groups excluding carboxylic acids is 1. The van der Waals surface area contributed by atoms with Crippen LogP contribution in [-0.2, 0) is 9.53 Å². The van der Waals surface area contributed by atoms with Gasteiger partial charge in [0, 0.05) is 31.0 Å². The molecule has 0 aromatic rings. The number of piperidine rings is 1. The highest BCUT2D eigenvalue weighted by molar-refractivity contribution is 5.85. The van der Waals surface area contributed by atoms with Gasteiger partial charge in [-0.1, -0.05) is 27.2 Å². The molecule has 5 heteroatoms. The number of unbranched alkanes of at least 4 members (excludes halogenated alkanes) is 1. The number of nitrogens with one attached hydrogen (secondary N) is 1. The molecule has 1 spiro atoms. The summed E-state index contributed by atoms with van der Waals surface area (Å²) in [6, 6.07) is 0.334. The Labute approximate surface area is 153 Å². The van der Waals surface area contributed by atoms with Crippen LogP contribution in [0.1, 0.15) is 59.3 Å². The minimum absolute atomic E-state index is 0. The largest absolute Gasteiger partial charge is 0.378 e. The number of nitrogens with zero attached hydrogens (tertiary/aromatic N) is 1. The topological polar surface area (TPSA) is 41.6 Å². The SMILES string of the molecule is CCCCOC1CC(N(C)C(=O)C2CC23CCNCC3)C1(C)C.Cl. The maximum atomic E-state index is 12.9. The highest BCUT2D eigenvalue weighted by Crippen LogP contribution is 2.60. The quantitative estimate of drug-likeness (QED) is 0.741. The van der Waals surface area contributed by atoms with E-state index in [0.29, 0.717) is 23.5 Å². The Morgan fingerprint density at radius 1 is 1.29 bits per heavy atom. The van der Waals surface area contributed by atoms with Crippen LogP contribution in [0.5, 0.6) is 0 Å². The van der Waals surface area contributed by atoms with Gasteiger partial charge in [-0.2, -0.15) is 0 Å². The van der Waals surface area contributed by atoms with Crippen molar-refractivity contribution in [2.75, 3.05) is 26.7 Å². The first-order valence-corrected chi connectivity index (χ1v) is 9.51.